The second kappa shape index (κ2) is 6.02. The van der Waals surface area contributed by atoms with Crippen molar-refractivity contribution in [1.29, 1.82) is 0 Å². The van der Waals surface area contributed by atoms with E-state index in [1.165, 1.54) is 17.7 Å². The highest BCUT2D eigenvalue weighted by Gasteiger charge is 2.53. The third kappa shape index (κ3) is 2.63. The summed E-state index contributed by atoms with van der Waals surface area (Å²) < 4.78 is 6.91. The van der Waals surface area contributed by atoms with E-state index in [-0.39, 0.29) is 0 Å². The lowest BCUT2D eigenvalue weighted by atomic mass is 9.82. The summed E-state index contributed by atoms with van der Waals surface area (Å²) in [4.78, 5) is 8.21. The standard InChI is InChI=1S/C16H22ClN3OS/c1-18-16(19-7-6-10-2-5-15(17)22-10)20-8-11-12(9-20)14-4-3-13(11)21-14/h2,5,11-14H,3-4,6-9H2,1H3,(H,18,19). The average Bonchev–Trinajstić information content (AvgIpc) is 3.25. The van der Waals surface area contributed by atoms with E-state index in [1.54, 1.807) is 11.3 Å². The third-order valence-corrected chi connectivity index (χ3v) is 6.54. The highest BCUT2D eigenvalue weighted by molar-refractivity contribution is 7.16. The molecule has 0 saturated carbocycles. The fourth-order valence-corrected chi connectivity index (χ4v) is 5.34. The fraction of sp³-hybridized carbons (Fsp3) is 0.688. The number of hydrogen-bond acceptors (Lipinski definition) is 3. The number of aliphatic imine (C=N–C) groups is 1. The summed E-state index contributed by atoms with van der Waals surface area (Å²) in [6, 6.07) is 4.07. The fourth-order valence-electron chi connectivity index (χ4n) is 4.25. The Hall–Kier alpha value is -0.780. The largest absolute Gasteiger partial charge is 0.374 e. The van der Waals surface area contributed by atoms with Crippen LogP contribution in [0.2, 0.25) is 4.34 Å². The van der Waals surface area contributed by atoms with Crippen molar-refractivity contribution in [2.75, 3.05) is 26.7 Å². The molecule has 6 heteroatoms. The minimum absolute atomic E-state index is 0.506. The van der Waals surface area contributed by atoms with Gasteiger partial charge in [-0.15, -0.1) is 11.3 Å². The van der Waals surface area contributed by atoms with Crippen LogP contribution in [0.5, 0.6) is 0 Å². The van der Waals surface area contributed by atoms with Crippen LogP contribution >= 0.6 is 22.9 Å². The normalized spacial score (nSPS) is 33.5. The monoisotopic (exact) mass is 339 g/mol. The molecule has 3 aliphatic heterocycles. The molecule has 4 rings (SSSR count). The SMILES string of the molecule is CN=C(NCCc1ccc(Cl)s1)N1CC2C3CCC(O3)C2C1. The van der Waals surface area contributed by atoms with Crippen LogP contribution in [0.25, 0.3) is 0 Å². The van der Waals surface area contributed by atoms with Crippen molar-refractivity contribution in [3.05, 3.63) is 21.3 Å². The molecule has 0 amide bonds. The lowest BCUT2D eigenvalue weighted by molar-refractivity contribution is 0.0767. The lowest BCUT2D eigenvalue weighted by Gasteiger charge is -2.23. The van der Waals surface area contributed by atoms with Gasteiger partial charge in [-0.05, 0) is 31.4 Å². The van der Waals surface area contributed by atoms with Gasteiger partial charge < -0.3 is 15.0 Å². The molecule has 4 heterocycles. The van der Waals surface area contributed by atoms with Crippen molar-refractivity contribution in [3.8, 4) is 0 Å². The number of ether oxygens (including phenoxy) is 1. The number of rotatable bonds is 3. The van der Waals surface area contributed by atoms with Crippen molar-refractivity contribution in [3.63, 3.8) is 0 Å². The van der Waals surface area contributed by atoms with Crippen molar-refractivity contribution in [2.45, 2.75) is 31.5 Å². The van der Waals surface area contributed by atoms with Crippen LogP contribution in [0.15, 0.2) is 17.1 Å². The molecule has 2 bridgehead atoms. The number of guanidine groups is 1. The third-order valence-electron chi connectivity index (χ3n) is 5.25. The quantitative estimate of drug-likeness (QED) is 0.679. The second-order valence-corrected chi connectivity index (χ2v) is 8.25. The summed E-state index contributed by atoms with van der Waals surface area (Å²) in [5.41, 5.74) is 0. The molecule has 3 fully saturated rings. The van der Waals surface area contributed by atoms with Gasteiger partial charge in [0.15, 0.2) is 5.96 Å². The molecular formula is C16H22ClN3OS. The van der Waals surface area contributed by atoms with Gasteiger partial charge in [0.2, 0.25) is 0 Å². The Balaban J connectivity index is 1.31. The number of nitrogens with one attached hydrogen (secondary N) is 1. The Labute approximate surface area is 140 Å². The summed E-state index contributed by atoms with van der Waals surface area (Å²) in [6.45, 7) is 3.09. The molecule has 1 aromatic heterocycles. The molecular weight excluding hydrogens is 318 g/mol. The van der Waals surface area contributed by atoms with Gasteiger partial charge >= 0.3 is 0 Å². The van der Waals surface area contributed by atoms with E-state index in [0.29, 0.717) is 24.0 Å². The molecule has 0 spiro atoms. The molecule has 1 N–H and O–H groups in total. The van der Waals surface area contributed by atoms with Crippen molar-refractivity contribution in [2.24, 2.45) is 16.8 Å². The first-order valence-electron chi connectivity index (χ1n) is 8.10. The Morgan fingerprint density at radius 1 is 1.36 bits per heavy atom. The van der Waals surface area contributed by atoms with Crippen LogP contribution in [0.3, 0.4) is 0 Å². The molecule has 4 unspecified atom stereocenters. The number of thiophene rings is 1. The number of halogens is 1. The molecule has 4 atom stereocenters. The Morgan fingerprint density at radius 3 is 2.68 bits per heavy atom. The zero-order valence-electron chi connectivity index (χ0n) is 12.8. The smallest absolute Gasteiger partial charge is 0.193 e. The highest BCUT2D eigenvalue weighted by atomic mass is 35.5. The first-order valence-corrected chi connectivity index (χ1v) is 9.29. The molecule has 1 aromatic rings. The molecule has 3 saturated heterocycles. The topological polar surface area (TPSA) is 36.9 Å². The van der Waals surface area contributed by atoms with E-state index < -0.39 is 0 Å². The number of fused-ring (bicyclic) bond motifs is 5. The summed E-state index contributed by atoms with van der Waals surface area (Å²) in [5.74, 6) is 2.47. The predicted octanol–water partition coefficient (Wildman–Crippen LogP) is 2.63. The van der Waals surface area contributed by atoms with E-state index in [2.05, 4.69) is 21.3 Å². The highest BCUT2D eigenvalue weighted by Crippen LogP contribution is 2.47. The molecule has 22 heavy (non-hydrogen) atoms. The molecule has 0 aliphatic carbocycles. The zero-order chi connectivity index (χ0) is 15.1. The molecule has 0 aromatic carbocycles. The molecule has 0 radical (unpaired) electrons. The second-order valence-electron chi connectivity index (χ2n) is 6.45. The van der Waals surface area contributed by atoms with Gasteiger partial charge in [0.05, 0.1) is 16.5 Å². The van der Waals surface area contributed by atoms with E-state index >= 15 is 0 Å². The van der Waals surface area contributed by atoms with E-state index in [9.17, 15) is 0 Å². The average molecular weight is 340 g/mol. The zero-order valence-corrected chi connectivity index (χ0v) is 14.4. The minimum Gasteiger partial charge on any atom is -0.374 e. The van der Waals surface area contributed by atoms with E-state index in [0.717, 1.165) is 36.4 Å². The summed E-state index contributed by atoms with van der Waals surface area (Å²) in [7, 11) is 1.88. The first-order chi connectivity index (χ1) is 10.7. The maximum absolute atomic E-state index is 6.04. The number of nitrogens with zero attached hydrogens (tertiary/aromatic N) is 2. The van der Waals surface area contributed by atoms with E-state index in [4.69, 9.17) is 16.3 Å². The van der Waals surface area contributed by atoms with E-state index in [1.807, 2.05) is 13.1 Å². The summed E-state index contributed by atoms with van der Waals surface area (Å²) >= 11 is 7.63. The molecule has 3 aliphatic rings. The Kier molecular flexibility index (Phi) is 4.05. The van der Waals surface area contributed by atoms with Crippen LogP contribution < -0.4 is 5.32 Å². The maximum atomic E-state index is 6.04. The summed E-state index contributed by atoms with van der Waals surface area (Å²) in [6.07, 6.45) is 4.51. The predicted molar refractivity (Wildman–Crippen MR) is 90.8 cm³/mol. The van der Waals surface area contributed by atoms with Crippen LogP contribution in [0.1, 0.15) is 17.7 Å². The van der Waals surface area contributed by atoms with Gasteiger partial charge in [-0.25, -0.2) is 0 Å². The van der Waals surface area contributed by atoms with Gasteiger partial charge in [-0.3, -0.25) is 4.99 Å². The number of hydrogen-bond donors (Lipinski definition) is 1. The van der Waals surface area contributed by atoms with Crippen molar-refractivity contribution < 1.29 is 4.74 Å². The minimum atomic E-state index is 0.506. The Bertz CT molecular complexity index is 557. The molecule has 4 nitrogen and oxygen atoms in total. The Morgan fingerprint density at radius 2 is 2.09 bits per heavy atom. The number of likely N-dealkylation sites (tertiary alicyclic amines) is 1. The lowest BCUT2D eigenvalue weighted by Crippen LogP contribution is -2.42. The van der Waals surface area contributed by atoms with Gasteiger partial charge in [0, 0.05) is 43.4 Å². The van der Waals surface area contributed by atoms with Crippen LogP contribution in [-0.4, -0.2) is 49.7 Å². The van der Waals surface area contributed by atoms with Crippen LogP contribution in [0, 0.1) is 11.8 Å². The van der Waals surface area contributed by atoms with Crippen LogP contribution in [-0.2, 0) is 11.2 Å². The van der Waals surface area contributed by atoms with Gasteiger partial charge in [0.25, 0.3) is 0 Å². The van der Waals surface area contributed by atoms with Gasteiger partial charge in [0.1, 0.15) is 0 Å². The molecule has 120 valence electrons. The first kappa shape index (κ1) is 14.8. The van der Waals surface area contributed by atoms with Crippen LogP contribution in [0.4, 0.5) is 0 Å². The van der Waals surface area contributed by atoms with Gasteiger partial charge in [-0.2, -0.15) is 0 Å². The maximum Gasteiger partial charge on any atom is 0.193 e. The van der Waals surface area contributed by atoms with Crippen molar-refractivity contribution in [1.82, 2.24) is 10.2 Å². The summed E-state index contributed by atoms with van der Waals surface area (Å²) in [5, 5.41) is 3.51. The van der Waals surface area contributed by atoms with Gasteiger partial charge in [-0.1, -0.05) is 11.6 Å². The van der Waals surface area contributed by atoms with Crippen molar-refractivity contribution >= 4 is 28.9 Å².